The van der Waals surface area contributed by atoms with Crippen LogP contribution in [0.25, 0.3) is 0 Å². The van der Waals surface area contributed by atoms with Gasteiger partial charge in [0.15, 0.2) is 0 Å². The Morgan fingerprint density at radius 1 is 0.920 bits per heavy atom. The van der Waals surface area contributed by atoms with Crippen LogP contribution in [0.15, 0.2) is 17.1 Å². The average Bonchev–Trinajstić information content (AvgIpc) is 3.06. The van der Waals surface area contributed by atoms with Crippen molar-refractivity contribution in [3.8, 4) is 0 Å². The van der Waals surface area contributed by atoms with Crippen molar-refractivity contribution >= 4 is 5.84 Å². The number of hydrogen-bond donors (Lipinski definition) is 2. The van der Waals surface area contributed by atoms with Gasteiger partial charge in [-0.3, -0.25) is 4.99 Å². The topological polar surface area (TPSA) is 44.6 Å². The number of nitrogens with zero attached hydrogens (tertiary/aromatic N) is 1. The van der Waals surface area contributed by atoms with Gasteiger partial charge in [0.25, 0.3) is 0 Å². The monoisotopic (exact) mass is 350 g/mol. The Bertz CT molecular complexity index is 352. The van der Waals surface area contributed by atoms with Crippen LogP contribution in [0.5, 0.6) is 0 Å². The molecule has 3 heteroatoms. The summed E-state index contributed by atoms with van der Waals surface area (Å²) >= 11 is 0. The largest absolute Gasteiger partial charge is 0.396 e. The minimum atomic E-state index is 0.228. The summed E-state index contributed by atoms with van der Waals surface area (Å²) in [5.74, 6) is 0.994. The maximum Gasteiger partial charge on any atom is 0.120 e. The summed E-state index contributed by atoms with van der Waals surface area (Å²) in [7, 11) is 0. The molecule has 0 bridgehead atoms. The normalized spacial score (nSPS) is 17.2. The van der Waals surface area contributed by atoms with Crippen LogP contribution in [0.3, 0.4) is 0 Å². The van der Waals surface area contributed by atoms with Gasteiger partial charge < -0.3 is 10.4 Å². The molecular weight excluding hydrogens is 308 g/mol. The second-order valence-corrected chi connectivity index (χ2v) is 7.50. The van der Waals surface area contributed by atoms with Crippen molar-refractivity contribution in [2.75, 3.05) is 13.2 Å². The molecule has 1 heterocycles. The van der Waals surface area contributed by atoms with Gasteiger partial charge in [0.2, 0.25) is 0 Å². The molecule has 0 amide bonds. The average molecular weight is 351 g/mol. The van der Waals surface area contributed by atoms with E-state index >= 15 is 0 Å². The van der Waals surface area contributed by atoms with Crippen molar-refractivity contribution in [3.63, 3.8) is 0 Å². The lowest BCUT2D eigenvalue weighted by Gasteiger charge is -2.02. The number of unbranched alkanes of at least 4 members (excludes halogenated alkanes) is 13. The minimum Gasteiger partial charge on any atom is -0.396 e. The Morgan fingerprint density at radius 3 is 2.04 bits per heavy atom. The van der Waals surface area contributed by atoms with Gasteiger partial charge in [-0.25, -0.2) is 0 Å². The van der Waals surface area contributed by atoms with Crippen LogP contribution in [-0.4, -0.2) is 30.1 Å². The summed E-state index contributed by atoms with van der Waals surface area (Å²) in [6, 6.07) is 0.265. The lowest BCUT2D eigenvalue weighted by Crippen LogP contribution is -2.20. The molecule has 0 aliphatic carbocycles. The van der Waals surface area contributed by atoms with Gasteiger partial charge in [0, 0.05) is 13.2 Å². The van der Waals surface area contributed by atoms with E-state index in [9.17, 15) is 0 Å². The number of aliphatic hydroxyl groups excluding tert-OH is 1. The van der Waals surface area contributed by atoms with Crippen LogP contribution in [0.2, 0.25) is 0 Å². The highest BCUT2D eigenvalue weighted by Crippen LogP contribution is 2.13. The third kappa shape index (κ3) is 13.1. The highest BCUT2D eigenvalue weighted by atomic mass is 16.3. The van der Waals surface area contributed by atoms with Crippen molar-refractivity contribution in [2.24, 2.45) is 4.99 Å². The Balaban J connectivity index is 1.80. The van der Waals surface area contributed by atoms with E-state index in [2.05, 4.69) is 29.4 Å². The first-order chi connectivity index (χ1) is 12.4. The summed E-state index contributed by atoms with van der Waals surface area (Å²) in [5.41, 5.74) is 0. The number of aliphatic hydroxyl groups is 1. The SMILES string of the molecule is CCCCCCCCCCCCCCCC=CC1=NC(CCO)CN1. The molecule has 1 rings (SSSR count). The maximum atomic E-state index is 8.91. The molecule has 0 aromatic heterocycles. The van der Waals surface area contributed by atoms with E-state index in [1.54, 1.807) is 0 Å². The van der Waals surface area contributed by atoms with Crippen LogP contribution in [-0.2, 0) is 0 Å². The first-order valence-electron chi connectivity index (χ1n) is 11.0. The first kappa shape index (κ1) is 22.2. The summed E-state index contributed by atoms with van der Waals surface area (Å²) in [4.78, 5) is 4.54. The highest BCUT2D eigenvalue weighted by Gasteiger charge is 2.13. The zero-order chi connectivity index (χ0) is 18.0. The van der Waals surface area contributed by atoms with Crippen molar-refractivity contribution in [3.05, 3.63) is 12.2 Å². The van der Waals surface area contributed by atoms with Crippen molar-refractivity contribution in [1.29, 1.82) is 0 Å². The van der Waals surface area contributed by atoms with Gasteiger partial charge in [0.1, 0.15) is 5.84 Å². The zero-order valence-electron chi connectivity index (χ0n) is 16.6. The van der Waals surface area contributed by atoms with Gasteiger partial charge >= 0.3 is 0 Å². The van der Waals surface area contributed by atoms with E-state index in [0.717, 1.165) is 25.2 Å². The minimum absolute atomic E-state index is 0.228. The number of hydrogen-bond acceptors (Lipinski definition) is 3. The first-order valence-corrected chi connectivity index (χ1v) is 11.0. The number of allylic oxidation sites excluding steroid dienone is 1. The Morgan fingerprint density at radius 2 is 1.48 bits per heavy atom. The molecule has 0 fully saturated rings. The summed E-state index contributed by atoms with van der Waals surface area (Å²) < 4.78 is 0. The van der Waals surface area contributed by atoms with E-state index in [0.29, 0.717) is 0 Å². The number of nitrogens with one attached hydrogen (secondary N) is 1. The van der Waals surface area contributed by atoms with Gasteiger partial charge in [0.05, 0.1) is 6.04 Å². The second-order valence-electron chi connectivity index (χ2n) is 7.50. The molecule has 1 aliphatic rings. The summed E-state index contributed by atoms with van der Waals surface area (Å²) in [6.45, 7) is 3.39. The van der Waals surface area contributed by atoms with Gasteiger partial charge in [-0.1, -0.05) is 90.0 Å². The molecule has 1 atom stereocenters. The van der Waals surface area contributed by atoms with Gasteiger partial charge in [-0.15, -0.1) is 0 Å². The lowest BCUT2D eigenvalue weighted by atomic mass is 10.0. The second kappa shape index (κ2) is 16.6. The third-order valence-electron chi connectivity index (χ3n) is 5.05. The number of amidine groups is 1. The smallest absolute Gasteiger partial charge is 0.120 e. The summed E-state index contributed by atoms with van der Waals surface area (Å²) in [5, 5.41) is 12.2. The molecule has 0 spiro atoms. The predicted octanol–water partition coefficient (Wildman–Crippen LogP) is 5.78. The molecule has 0 aromatic carbocycles. The Labute approximate surface area is 156 Å². The number of aliphatic imine (C=N–C) groups is 1. The Kier molecular flexibility index (Phi) is 14.8. The molecule has 0 saturated heterocycles. The van der Waals surface area contributed by atoms with Crippen LogP contribution in [0.4, 0.5) is 0 Å². The fraction of sp³-hybridized carbons (Fsp3) is 0.864. The van der Waals surface area contributed by atoms with E-state index in [1.165, 1.54) is 83.5 Å². The molecule has 0 saturated carbocycles. The lowest BCUT2D eigenvalue weighted by molar-refractivity contribution is 0.278. The van der Waals surface area contributed by atoms with Gasteiger partial charge in [-0.05, 0) is 25.3 Å². The van der Waals surface area contributed by atoms with Gasteiger partial charge in [-0.2, -0.15) is 0 Å². The van der Waals surface area contributed by atoms with Crippen molar-refractivity contribution in [1.82, 2.24) is 5.32 Å². The van der Waals surface area contributed by atoms with Crippen LogP contribution < -0.4 is 5.32 Å². The summed E-state index contributed by atoms with van der Waals surface area (Å²) in [6.07, 6.45) is 24.6. The van der Waals surface area contributed by atoms with Crippen molar-refractivity contribution < 1.29 is 5.11 Å². The fourth-order valence-electron chi connectivity index (χ4n) is 3.40. The van der Waals surface area contributed by atoms with E-state index in [-0.39, 0.29) is 12.6 Å². The molecule has 146 valence electrons. The van der Waals surface area contributed by atoms with Crippen molar-refractivity contribution in [2.45, 2.75) is 109 Å². The quantitative estimate of drug-likeness (QED) is 0.327. The fourth-order valence-corrected chi connectivity index (χ4v) is 3.40. The van der Waals surface area contributed by atoms with E-state index in [1.807, 2.05) is 0 Å². The molecule has 3 nitrogen and oxygen atoms in total. The molecule has 1 aliphatic heterocycles. The van der Waals surface area contributed by atoms with Crippen LogP contribution >= 0.6 is 0 Å². The van der Waals surface area contributed by atoms with E-state index in [4.69, 9.17) is 5.11 Å². The highest BCUT2D eigenvalue weighted by molar-refractivity contribution is 5.94. The molecule has 25 heavy (non-hydrogen) atoms. The predicted molar refractivity (Wildman–Crippen MR) is 110 cm³/mol. The number of rotatable bonds is 17. The van der Waals surface area contributed by atoms with Crippen LogP contribution in [0.1, 0.15) is 103 Å². The molecule has 1 unspecified atom stereocenters. The Hall–Kier alpha value is -0.830. The molecule has 2 N–H and O–H groups in total. The van der Waals surface area contributed by atoms with Crippen LogP contribution in [0, 0.1) is 0 Å². The molecular formula is C22H42N2O. The maximum absolute atomic E-state index is 8.91. The zero-order valence-corrected chi connectivity index (χ0v) is 16.6. The van der Waals surface area contributed by atoms with E-state index < -0.39 is 0 Å². The molecule has 0 radical (unpaired) electrons. The molecule has 0 aromatic rings. The third-order valence-corrected chi connectivity index (χ3v) is 5.05. The standard InChI is InChI=1S/C22H42N2O/c1-2-3-4-5-6-7-8-9-10-11-12-13-14-15-16-17-22-23-20-21(24-22)18-19-25/h16-17,21,25H,2-15,18-20H2,1H3,(H,23,24).